The van der Waals surface area contributed by atoms with Crippen molar-refractivity contribution in [2.45, 2.75) is 39.5 Å². The molecule has 2 nitrogen and oxygen atoms in total. The van der Waals surface area contributed by atoms with Crippen LogP contribution < -0.4 is 4.74 Å². The van der Waals surface area contributed by atoms with Crippen molar-refractivity contribution in [3.05, 3.63) is 40.5 Å². The van der Waals surface area contributed by atoms with Crippen LogP contribution in [0.1, 0.15) is 47.2 Å². The number of benzene rings is 1. The maximum absolute atomic E-state index is 12.5. The van der Waals surface area contributed by atoms with Crippen molar-refractivity contribution in [3.8, 4) is 5.75 Å². The number of aryl methyl sites for hydroxylation is 2. The Hall–Kier alpha value is -1.57. The third kappa shape index (κ3) is 2.47. The zero-order valence-corrected chi connectivity index (χ0v) is 11.4. The summed E-state index contributed by atoms with van der Waals surface area (Å²) in [4.78, 5) is 12.5. The molecular weight excluding hydrogens is 224 g/mol. The molecule has 0 saturated heterocycles. The van der Waals surface area contributed by atoms with E-state index in [4.69, 9.17) is 4.74 Å². The molecule has 1 aliphatic carbocycles. The largest absolute Gasteiger partial charge is 0.496 e. The Morgan fingerprint density at radius 1 is 1.22 bits per heavy atom. The van der Waals surface area contributed by atoms with Crippen molar-refractivity contribution in [1.82, 2.24) is 0 Å². The summed E-state index contributed by atoms with van der Waals surface area (Å²) in [5, 5.41) is 0. The summed E-state index contributed by atoms with van der Waals surface area (Å²) in [7, 11) is 1.63. The second-order valence-electron chi connectivity index (χ2n) is 4.97. The lowest BCUT2D eigenvalue weighted by Crippen LogP contribution is -2.09. The zero-order chi connectivity index (χ0) is 13.1. The number of allylic oxidation sites excluding steroid dienone is 2. The van der Waals surface area contributed by atoms with Gasteiger partial charge in [0.2, 0.25) is 0 Å². The molecular formula is C16H20O2. The molecule has 0 fully saturated rings. The van der Waals surface area contributed by atoms with Gasteiger partial charge in [0.1, 0.15) is 5.75 Å². The van der Waals surface area contributed by atoms with Crippen LogP contribution in [0, 0.1) is 13.8 Å². The number of carbonyl (C=O) groups excluding carboxylic acids is 1. The van der Waals surface area contributed by atoms with Crippen molar-refractivity contribution in [1.29, 1.82) is 0 Å². The van der Waals surface area contributed by atoms with Crippen LogP contribution in [-0.4, -0.2) is 12.9 Å². The van der Waals surface area contributed by atoms with E-state index in [-0.39, 0.29) is 5.78 Å². The molecule has 0 bridgehead atoms. The fraction of sp³-hybridized carbons (Fsp3) is 0.438. The number of hydrogen-bond acceptors (Lipinski definition) is 2. The Labute approximate surface area is 109 Å². The van der Waals surface area contributed by atoms with Gasteiger partial charge in [-0.2, -0.15) is 0 Å². The van der Waals surface area contributed by atoms with Crippen molar-refractivity contribution in [2.24, 2.45) is 0 Å². The molecule has 0 radical (unpaired) electrons. The van der Waals surface area contributed by atoms with Crippen LogP contribution in [-0.2, 0) is 0 Å². The molecule has 0 atom stereocenters. The van der Waals surface area contributed by atoms with Crippen molar-refractivity contribution < 1.29 is 9.53 Å². The smallest absolute Gasteiger partial charge is 0.192 e. The third-order valence-electron chi connectivity index (χ3n) is 3.45. The van der Waals surface area contributed by atoms with E-state index in [0.717, 1.165) is 41.7 Å². The van der Waals surface area contributed by atoms with Gasteiger partial charge in [0.25, 0.3) is 0 Å². The highest BCUT2D eigenvalue weighted by atomic mass is 16.5. The minimum atomic E-state index is 0.137. The number of ketones is 1. The number of rotatable bonds is 3. The lowest BCUT2D eigenvalue weighted by atomic mass is 9.91. The SMILES string of the molecule is COc1c(C)cc(C)cc1C(=O)C1=CCCCC1. The first kappa shape index (κ1) is 12.9. The van der Waals surface area contributed by atoms with Crippen LogP contribution in [0.4, 0.5) is 0 Å². The van der Waals surface area contributed by atoms with E-state index in [1.54, 1.807) is 7.11 Å². The van der Waals surface area contributed by atoms with Gasteiger partial charge in [-0.25, -0.2) is 0 Å². The molecule has 1 aliphatic rings. The van der Waals surface area contributed by atoms with Gasteiger partial charge in [-0.3, -0.25) is 4.79 Å². The van der Waals surface area contributed by atoms with E-state index in [1.807, 2.05) is 26.0 Å². The molecule has 2 rings (SSSR count). The summed E-state index contributed by atoms with van der Waals surface area (Å²) in [5.41, 5.74) is 3.79. The molecule has 0 aromatic heterocycles. The second-order valence-corrected chi connectivity index (χ2v) is 4.97. The van der Waals surface area contributed by atoms with Crippen LogP contribution in [0.5, 0.6) is 5.75 Å². The van der Waals surface area contributed by atoms with E-state index >= 15 is 0 Å². The second kappa shape index (κ2) is 5.38. The van der Waals surface area contributed by atoms with Gasteiger partial charge in [0.15, 0.2) is 5.78 Å². The van der Waals surface area contributed by atoms with E-state index in [0.29, 0.717) is 5.56 Å². The van der Waals surface area contributed by atoms with Gasteiger partial charge in [-0.1, -0.05) is 12.1 Å². The lowest BCUT2D eigenvalue weighted by Gasteiger charge is -2.15. The third-order valence-corrected chi connectivity index (χ3v) is 3.45. The average molecular weight is 244 g/mol. The van der Waals surface area contributed by atoms with E-state index in [1.165, 1.54) is 6.42 Å². The number of ether oxygens (including phenoxy) is 1. The van der Waals surface area contributed by atoms with E-state index in [2.05, 4.69) is 6.08 Å². The average Bonchev–Trinajstić information content (AvgIpc) is 2.38. The Kier molecular flexibility index (Phi) is 3.85. The van der Waals surface area contributed by atoms with Gasteiger partial charge in [-0.15, -0.1) is 0 Å². The van der Waals surface area contributed by atoms with Gasteiger partial charge < -0.3 is 4.74 Å². The lowest BCUT2D eigenvalue weighted by molar-refractivity contribution is 0.102. The van der Waals surface area contributed by atoms with Crippen LogP contribution >= 0.6 is 0 Å². The highest BCUT2D eigenvalue weighted by Gasteiger charge is 2.19. The molecule has 0 unspecified atom stereocenters. The summed E-state index contributed by atoms with van der Waals surface area (Å²) < 4.78 is 5.40. The molecule has 1 aromatic carbocycles. The Bertz CT molecular complexity index is 498. The maximum atomic E-state index is 12.5. The monoisotopic (exact) mass is 244 g/mol. The molecule has 96 valence electrons. The first-order valence-electron chi connectivity index (χ1n) is 6.52. The van der Waals surface area contributed by atoms with Gasteiger partial charge >= 0.3 is 0 Å². The molecule has 0 heterocycles. The quantitative estimate of drug-likeness (QED) is 0.751. The predicted octanol–water partition coefficient (Wildman–Crippen LogP) is 4.00. The van der Waals surface area contributed by atoms with Gasteiger partial charge in [0, 0.05) is 0 Å². The van der Waals surface area contributed by atoms with Crippen LogP contribution in [0.15, 0.2) is 23.8 Å². The number of methoxy groups -OCH3 is 1. The first-order chi connectivity index (χ1) is 8.63. The van der Waals surface area contributed by atoms with E-state index in [9.17, 15) is 4.79 Å². The summed E-state index contributed by atoms with van der Waals surface area (Å²) in [6.07, 6.45) is 6.32. The van der Waals surface area contributed by atoms with Gasteiger partial charge in [0.05, 0.1) is 12.7 Å². The molecule has 1 aromatic rings. The number of Topliss-reactive ketones (excluding diaryl/α,β-unsaturated/α-hetero) is 1. The van der Waals surface area contributed by atoms with Crippen LogP contribution in [0.3, 0.4) is 0 Å². The van der Waals surface area contributed by atoms with E-state index < -0.39 is 0 Å². The molecule has 18 heavy (non-hydrogen) atoms. The minimum Gasteiger partial charge on any atom is -0.496 e. The Morgan fingerprint density at radius 3 is 2.61 bits per heavy atom. The van der Waals surface area contributed by atoms with Crippen LogP contribution in [0.2, 0.25) is 0 Å². The maximum Gasteiger partial charge on any atom is 0.192 e. The summed E-state index contributed by atoms with van der Waals surface area (Å²) in [6.45, 7) is 4.00. The molecule has 0 N–H and O–H groups in total. The fourth-order valence-corrected chi connectivity index (χ4v) is 2.61. The molecule has 0 saturated carbocycles. The Morgan fingerprint density at radius 2 is 2.00 bits per heavy atom. The van der Waals surface area contributed by atoms with Crippen molar-refractivity contribution in [2.75, 3.05) is 7.11 Å². The van der Waals surface area contributed by atoms with Crippen LogP contribution in [0.25, 0.3) is 0 Å². The highest BCUT2D eigenvalue weighted by Crippen LogP contribution is 2.29. The Balaban J connectivity index is 2.43. The standard InChI is InChI=1S/C16H20O2/c1-11-9-12(2)16(18-3)14(10-11)15(17)13-7-5-4-6-8-13/h7,9-10H,4-6,8H2,1-3H3. The molecule has 2 heteroatoms. The zero-order valence-electron chi connectivity index (χ0n) is 11.4. The van der Waals surface area contributed by atoms with Crippen molar-refractivity contribution in [3.63, 3.8) is 0 Å². The summed E-state index contributed by atoms with van der Waals surface area (Å²) in [6, 6.07) is 3.98. The fourth-order valence-electron chi connectivity index (χ4n) is 2.61. The molecule has 0 aliphatic heterocycles. The topological polar surface area (TPSA) is 26.3 Å². The summed E-state index contributed by atoms with van der Waals surface area (Å²) >= 11 is 0. The molecule has 0 amide bonds. The first-order valence-corrected chi connectivity index (χ1v) is 6.52. The molecule has 0 spiro atoms. The van der Waals surface area contributed by atoms with Crippen molar-refractivity contribution >= 4 is 5.78 Å². The predicted molar refractivity (Wildman–Crippen MR) is 73.3 cm³/mol. The summed E-state index contributed by atoms with van der Waals surface area (Å²) in [5.74, 6) is 0.857. The van der Waals surface area contributed by atoms with Gasteiger partial charge in [-0.05, 0) is 62.3 Å². The number of hydrogen-bond donors (Lipinski definition) is 0. The minimum absolute atomic E-state index is 0.137. The number of carbonyl (C=O) groups is 1. The highest BCUT2D eigenvalue weighted by molar-refractivity contribution is 6.10. The normalized spacial score (nSPS) is 15.2.